The molecule has 0 saturated carbocycles. The van der Waals surface area contributed by atoms with Gasteiger partial charge in [-0.1, -0.05) is 44.8 Å². The first-order valence-electron chi connectivity index (χ1n) is 6.96. The zero-order valence-corrected chi connectivity index (χ0v) is 11.9. The van der Waals surface area contributed by atoms with Gasteiger partial charge < -0.3 is 5.11 Å². The molecule has 1 N–H and O–H groups in total. The number of hydrogen-bond donors (Lipinski definition) is 1. The minimum atomic E-state index is -0.439. The normalized spacial score (nSPS) is 13.5. The summed E-state index contributed by atoms with van der Waals surface area (Å²) in [7, 11) is 0. The van der Waals surface area contributed by atoms with Crippen LogP contribution in [0.5, 0.6) is 0 Å². The molecule has 0 saturated heterocycles. The van der Waals surface area contributed by atoms with E-state index in [0.29, 0.717) is 5.92 Å². The van der Waals surface area contributed by atoms with Gasteiger partial charge in [-0.05, 0) is 44.9 Å². The van der Waals surface area contributed by atoms with Crippen molar-refractivity contribution in [2.45, 2.75) is 72.3 Å². The highest BCUT2D eigenvalue weighted by Crippen LogP contribution is 2.19. The van der Waals surface area contributed by atoms with Crippen molar-refractivity contribution < 1.29 is 5.11 Å². The van der Waals surface area contributed by atoms with Crippen LogP contribution in [0.3, 0.4) is 0 Å². The van der Waals surface area contributed by atoms with Crippen molar-refractivity contribution in [2.75, 3.05) is 0 Å². The zero-order chi connectivity index (χ0) is 13.1. The maximum Gasteiger partial charge on any atom is 0.115 e. The zero-order valence-electron chi connectivity index (χ0n) is 11.9. The fourth-order valence-corrected chi connectivity index (χ4v) is 2.09. The summed E-state index contributed by atoms with van der Waals surface area (Å²) in [5, 5.41) is 9.66. The molecule has 0 spiro atoms. The van der Waals surface area contributed by atoms with Crippen LogP contribution in [-0.4, -0.2) is 11.2 Å². The third kappa shape index (κ3) is 8.05. The van der Waals surface area contributed by atoms with Crippen molar-refractivity contribution in [3.8, 4) is 11.8 Å². The summed E-state index contributed by atoms with van der Waals surface area (Å²) >= 11 is 0. The Morgan fingerprint density at radius 2 is 1.88 bits per heavy atom. The van der Waals surface area contributed by atoms with Crippen molar-refractivity contribution in [3.63, 3.8) is 0 Å². The maximum absolute atomic E-state index is 9.66. The van der Waals surface area contributed by atoms with Gasteiger partial charge in [-0.15, -0.1) is 5.92 Å². The highest BCUT2D eigenvalue weighted by Gasteiger charge is 2.10. The van der Waals surface area contributed by atoms with Gasteiger partial charge in [0.15, 0.2) is 0 Å². The molecule has 0 rings (SSSR count). The molecule has 2 unspecified atom stereocenters. The Bertz CT molecular complexity index is 261. The van der Waals surface area contributed by atoms with Gasteiger partial charge in [-0.2, -0.15) is 0 Å². The number of aliphatic hydroxyl groups is 1. The predicted molar refractivity (Wildman–Crippen MR) is 75.8 cm³/mol. The second-order valence-corrected chi connectivity index (χ2v) is 4.57. The largest absolute Gasteiger partial charge is 0.380 e. The van der Waals surface area contributed by atoms with Gasteiger partial charge in [-0.25, -0.2) is 0 Å². The van der Waals surface area contributed by atoms with Gasteiger partial charge in [0, 0.05) is 0 Å². The lowest BCUT2D eigenvalue weighted by molar-refractivity contribution is 0.190. The van der Waals surface area contributed by atoms with E-state index in [1.807, 2.05) is 0 Å². The van der Waals surface area contributed by atoms with E-state index in [0.717, 1.165) is 32.1 Å². The van der Waals surface area contributed by atoms with Crippen LogP contribution in [0, 0.1) is 17.8 Å². The number of aliphatic hydroxyl groups excluding tert-OH is 1. The SMILES string of the molecule is CC#CC(O)CC(CC)CCC=C(CC)CC. The van der Waals surface area contributed by atoms with Crippen LogP contribution in [0.2, 0.25) is 0 Å². The van der Waals surface area contributed by atoms with E-state index in [1.165, 1.54) is 6.42 Å². The summed E-state index contributed by atoms with van der Waals surface area (Å²) in [5.74, 6) is 6.19. The molecule has 0 amide bonds. The molecule has 1 heteroatoms. The van der Waals surface area contributed by atoms with Crippen LogP contribution in [-0.2, 0) is 0 Å². The van der Waals surface area contributed by atoms with Gasteiger partial charge in [-0.3, -0.25) is 0 Å². The lowest BCUT2D eigenvalue weighted by Crippen LogP contribution is -2.11. The van der Waals surface area contributed by atoms with E-state index >= 15 is 0 Å². The smallest absolute Gasteiger partial charge is 0.115 e. The van der Waals surface area contributed by atoms with E-state index in [4.69, 9.17) is 0 Å². The highest BCUT2D eigenvalue weighted by molar-refractivity contribution is 5.02. The van der Waals surface area contributed by atoms with Crippen LogP contribution >= 0.6 is 0 Å². The van der Waals surface area contributed by atoms with E-state index in [2.05, 4.69) is 38.7 Å². The average Bonchev–Trinajstić information content (AvgIpc) is 2.33. The minimum Gasteiger partial charge on any atom is -0.380 e. The molecule has 2 atom stereocenters. The van der Waals surface area contributed by atoms with Gasteiger partial charge in [0.2, 0.25) is 0 Å². The van der Waals surface area contributed by atoms with Crippen molar-refractivity contribution in [2.24, 2.45) is 5.92 Å². The molecule has 0 aliphatic rings. The lowest BCUT2D eigenvalue weighted by atomic mass is 9.93. The quantitative estimate of drug-likeness (QED) is 0.492. The van der Waals surface area contributed by atoms with E-state index < -0.39 is 6.10 Å². The topological polar surface area (TPSA) is 20.2 Å². The first-order valence-corrected chi connectivity index (χ1v) is 6.96. The number of allylic oxidation sites excluding steroid dienone is 2. The molecule has 0 heterocycles. The van der Waals surface area contributed by atoms with Crippen molar-refractivity contribution in [1.29, 1.82) is 0 Å². The second kappa shape index (κ2) is 10.4. The van der Waals surface area contributed by atoms with Crippen LogP contribution in [0.15, 0.2) is 11.6 Å². The van der Waals surface area contributed by atoms with Crippen molar-refractivity contribution in [3.05, 3.63) is 11.6 Å². The van der Waals surface area contributed by atoms with Crippen molar-refractivity contribution in [1.82, 2.24) is 0 Å². The standard InChI is InChI=1S/C16H28O/c1-5-10-16(17)13-15(8-4)12-9-11-14(6-2)7-3/h11,15-17H,6-9,12-13H2,1-4H3. The molecule has 17 heavy (non-hydrogen) atoms. The monoisotopic (exact) mass is 236 g/mol. The summed E-state index contributed by atoms with van der Waals surface area (Å²) < 4.78 is 0. The van der Waals surface area contributed by atoms with E-state index in [1.54, 1.807) is 12.5 Å². The van der Waals surface area contributed by atoms with Crippen LogP contribution in [0.4, 0.5) is 0 Å². The first-order chi connectivity index (χ1) is 8.17. The predicted octanol–water partition coefficient (Wildman–Crippen LogP) is 4.31. The van der Waals surface area contributed by atoms with Crippen LogP contribution < -0.4 is 0 Å². The van der Waals surface area contributed by atoms with Crippen molar-refractivity contribution >= 4 is 0 Å². The summed E-state index contributed by atoms with van der Waals surface area (Å²) in [5.41, 5.74) is 1.55. The molecular formula is C16H28O. The molecule has 98 valence electrons. The molecule has 0 bridgehead atoms. The number of rotatable bonds is 8. The molecule has 0 aliphatic heterocycles. The van der Waals surface area contributed by atoms with Gasteiger partial charge in [0.25, 0.3) is 0 Å². The van der Waals surface area contributed by atoms with E-state index in [9.17, 15) is 5.11 Å². The van der Waals surface area contributed by atoms with Gasteiger partial charge in [0.1, 0.15) is 6.10 Å². The Labute approximate surface area is 107 Å². The second-order valence-electron chi connectivity index (χ2n) is 4.57. The Hall–Kier alpha value is -0.740. The molecule has 0 fully saturated rings. The fraction of sp³-hybridized carbons (Fsp3) is 0.750. The molecule has 0 aromatic heterocycles. The summed E-state index contributed by atoms with van der Waals surface area (Å²) in [4.78, 5) is 0. The molecule has 0 aromatic carbocycles. The summed E-state index contributed by atoms with van der Waals surface area (Å²) in [6.07, 6.45) is 8.52. The Kier molecular flexibility index (Phi) is 9.96. The third-order valence-electron chi connectivity index (χ3n) is 3.36. The highest BCUT2D eigenvalue weighted by atomic mass is 16.3. The third-order valence-corrected chi connectivity index (χ3v) is 3.36. The summed E-state index contributed by atoms with van der Waals surface area (Å²) in [6, 6.07) is 0. The van der Waals surface area contributed by atoms with Gasteiger partial charge >= 0.3 is 0 Å². The molecule has 1 nitrogen and oxygen atoms in total. The Morgan fingerprint density at radius 1 is 1.24 bits per heavy atom. The van der Waals surface area contributed by atoms with Crippen LogP contribution in [0.25, 0.3) is 0 Å². The first kappa shape index (κ1) is 16.3. The maximum atomic E-state index is 9.66. The van der Waals surface area contributed by atoms with Crippen LogP contribution in [0.1, 0.15) is 66.2 Å². The average molecular weight is 236 g/mol. The molecule has 0 radical (unpaired) electrons. The molecular weight excluding hydrogens is 208 g/mol. The number of hydrogen-bond acceptors (Lipinski definition) is 1. The Morgan fingerprint density at radius 3 is 2.35 bits per heavy atom. The Balaban J connectivity index is 4.04. The van der Waals surface area contributed by atoms with Gasteiger partial charge in [0.05, 0.1) is 0 Å². The molecule has 0 aliphatic carbocycles. The minimum absolute atomic E-state index is 0.439. The van der Waals surface area contributed by atoms with E-state index in [-0.39, 0.29) is 0 Å². The lowest BCUT2D eigenvalue weighted by Gasteiger charge is -2.15. The molecule has 0 aromatic rings. The summed E-state index contributed by atoms with van der Waals surface area (Å²) in [6.45, 7) is 8.41. The fourth-order valence-electron chi connectivity index (χ4n) is 2.09.